The van der Waals surface area contributed by atoms with Crippen molar-refractivity contribution < 1.29 is 22.8 Å². The maximum Gasteiger partial charge on any atom is 0.416 e. The van der Waals surface area contributed by atoms with Crippen molar-refractivity contribution in [2.75, 3.05) is 5.32 Å². The number of nitrogens with one attached hydrogen (secondary N) is 3. The van der Waals surface area contributed by atoms with E-state index in [1.807, 2.05) is 42.5 Å². The molecule has 0 unspecified atom stereocenters. The standard InChI is InChI=1S/C37H36ClF3N4O2/c38-27-15-13-25(14-16-27)23-45-30-17-18-31(45)22-29(21-30)43-36(47)34(19-24-7-2-1-3-8-24)44-35(46)32-11-4-5-12-33(32)42-28-10-6-9-26(20-28)37(39,40)41/h1-16,20,29-31,34,42H,17-19,21-23H2,(H,43,47)(H,44,46)/t30-,31-,34-/m0/s1. The minimum Gasteiger partial charge on any atom is -0.355 e. The summed E-state index contributed by atoms with van der Waals surface area (Å²) in [6.07, 6.45) is -0.421. The molecule has 2 bridgehead atoms. The van der Waals surface area contributed by atoms with Crippen LogP contribution in [0.5, 0.6) is 0 Å². The van der Waals surface area contributed by atoms with Gasteiger partial charge in [-0.2, -0.15) is 13.2 Å². The lowest BCUT2D eigenvalue weighted by Gasteiger charge is -2.39. The van der Waals surface area contributed by atoms with Gasteiger partial charge in [-0.1, -0.05) is 72.3 Å². The molecule has 4 aromatic carbocycles. The van der Waals surface area contributed by atoms with E-state index in [9.17, 15) is 22.8 Å². The van der Waals surface area contributed by atoms with Crippen LogP contribution in [0.4, 0.5) is 24.5 Å². The number of para-hydroxylation sites is 1. The van der Waals surface area contributed by atoms with Crippen molar-refractivity contribution in [1.82, 2.24) is 15.5 Å². The molecule has 0 spiro atoms. The molecule has 6 nitrogen and oxygen atoms in total. The van der Waals surface area contributed by atoms with Crippen molar-refractivity contribution in [3.05, 3.63) is 130 Å². The third kappa shape index (κ3) is 8.15. The number of nitrogens with zero attached hydrogens (tertiary/aromatic N) is 1. The topological polar surface area (TPSA) is 73.5 Å². The van der Waals surface area contributed by atoms with Crippen LogP contribution in [-0.2, 0) is 23.9 Å². The van der Waals surface area contributed by atoms with Gasteiger partial charge in [0.15, 0.2) is 0 Å². The van der Waals surface area contributed by atoms with Crippen LogP contribution >= 0.6 is 11.6 Å². The van der Waals surface area contributed by atoms with Crippen LogP contribution in [0.25, 0.3) is 0 Å². The zero-order valence-corrected chi connectivity index (χ0v) is 26.4. The molecule has 2 saturated heterocycles. The molecule has 0 radical (unpaired) electrons. The predicted molar refractivity (Wildman–Crippen MR) is 178 cm³/mol. The molecule has 2 heterocycles. The van der Waals surface area contributed by atoms with E-state index in [0.717, 1.165) is 49.9 Å². The summed E-state index contributed by atoms with van der Waals surface area (Å²) in [7, 11) is 0. The number of carbonyl (C=O) groups is 2. The number of hydrogen-bond donors (Lipinski definition) is 3. The fraction of sp³-hybridized carbons (Fsp3) is 0.297. The van der Waals surface area contributed by atoms with E-state index in [4.69, 9.17) is 11.6 Å². The first-order valence-corrected chi connectivity index (χ1v) is 16.2. The number of piperidine rings is 1. The number of anilines is 2. The highest BCUT2D eigenvalue weighted by molar-refractivity contribution is 6.30. The molecule has 0 aromatic heterocycles. The largest absolute Gasteiger partial charge is 0.416 e. The molecule has 6 rings (SSSR count). The summed E-state index contributed by atoms with van der Waals surface area (Å²) in [5, 5.41) is 9.83. The van der Waals surface area contributed by atoms with E-state index in [2.05, 4.69) is 33.0 Å². The highest BCUT2D eigenvalue weighted by atomic mass is 35.5. The summed E-state index contributed by atoms with van der Waals surface area (Å²) >= 11 is 6.08. The summed E-state index contributed by atoms with van der Waals surface area (Å²) in [4.78, 5) is 30.1. The van der Waals surface area contributed by atoms with Gasteiger partial charge in [0.25, 0.3) is 5.91 Å². The van der Waals surface area contributed by atoms with E-state index in [0.29, 0.717) is 22.8 Å². The zero-order valence-electron chi connectivity index (χ0n) is 25.6. The molecule has 3 atom stereocenters. The monoisotopic (exact) mass is 660 g/mol. The smallest absolute Gasteiger partial charge is 0.355 e. The molecule has 0 aliphatic carbocycles. The number of hydrogen-bond acceptors (Lipinski definition) is 4. The van der Waals surface area contributed by atoms with Crippen LogP contribution in [0.1, 0.15) is 52.7 Å². The first kappa shape index (κ1) is 32.6. The van der Waals surface area contributed by atoms with Crippen molar-refractivity contribution in [2.45, 2.75) is 69.0 Å². The van der Waals surface area contributed by atoms with Crippen LogP contribution in [0, 0.1) is 0 Å². The zero-order chi connectivity index (χ0) is 33.0. The fourth-order valence-corrected chi connectivity index (χ4v) is 6.89. The van der Waals surface area contributed by atoms with Gasteiger partial charge < -0.3 is 16.0 Å². The number of halogens is 4. The number of amides is 2. The lowest BCUT2D eigenvalue weighted by molar-refractivity contribution is -0.137. The summed E-state index contributed by atoms with van der Waals surface area (Å²) in [6.45, 7) is 0.841. The molecule has 2 aliphatic heterocycles. The van der Waals surface area contributed by atoms with E-state index in [-0.39, 0.29) is 29.6 Å². The Morgan fingerprint density at radius 3 is 2.21 bits per heavy atom. The molecule has 4 aromatic rings. The third-order valence-corrected chi connectivity index (χ3v) is 9.31. The number of benzene rings is 4. The van der Waals surface area contributed by atoms with Crippen molar-refractivity contribution in [3.63, 3.8) is 0 Å². The molecular formula is C37H36ClF3N4O2. The summed E-state index contributed by atoms with van der Waals surface area (Å²) in [5.74, 6) is -0.768. The average molecular weight is 661 g/mol. The van der Waals surface area contributed by atoms with Crippen molar-refractivity contribution in [3.8, 4) is 0 Å². The Labute approximate surface area is 277 Å². The van der Waals surface area contributed by atoms with Gasteiger partial charge in [0.2, 0.25) is 5.91 Å². The Kier molecular flexibility index (Phi) is 9.84. The Hall–Kier alpha value is -4.34. The van der Waals surface area contributed by atoms with Crippen LogP contribution in [0.3, 0.4) is 0 Å². The SMILES string of the molecule is O=C(N[C@@H](Cc1ccccc1)C(=O)NC1C[C@@H]2CC[C@@H](C1)N2Cc1ccc(Cl)cc1)c1ccccc1Nc1cccc(C(F)(F)F)c1. The lowest BCUT2D eigenvalue weighted by Crippen LogP contribution is -2.55. The Morgan fingerprint density at radius 1 is 0.830 bits per heavy atom. The van der Waals surface area contributed by atoms with Crippen molar-refractivity contribution >= 4 is 34.8 Å². The molecule has 2 aliphatic rings. The molecule has 10 heteroatoms. The predicted octanol–water partition coefficient (Wildman–Crippen LogP) is 7.76. The fourth-order valence-electron chi connectivity index (χ4n) is 6.77. The lowest BCUT2D eigenvalue weighted by atomic mass is 9.95. The molecule has 3 N–H and O–H groups in total. The van der Waals surface area contributed by atoms with E-state index in [1.54, 1.807) is 24.3 Å². The highest BCUT2D eigenvalue weighted by Crippen LogP contribution is 2.37. The summed E-state index contributed by atoms with van der Waals surface area (Å²) in [5.41, 5.74) is 2.03. The Bertz CT molecular complexity index is 1690. The second-order valence-corrected chi connectivity index (χ2v) is 12.8. The number of fused-ring (bicyclic) bond motifs is 2. The van der Waals surface area contributed by atoms with Gasteiger partial charge in [-0.25, -0.2) is 0 Å². The molecule has 244 valence electrons. The summed E-state index contributed by atoms with van der Waals surface area (Å²) < 4.78 is 39.9. The Balaban J connectivity index is 1.15. The van der Waals surface area contributed by atoms with Crippen molar-refractivity contribution in [1.29, 1.82) is 0 Å². The number of alkyl halides is 3. The second kappa shape index (κ2) is 14.2. The quantitative estimate of drug-likeness (QED) is 0.163. The molecule has 2 fully saturated rings. The molecule has 2 amide bonds. The molecular weight excluding hydrogens is 625 g/mol. The van der Waals surface area contributed by atoms with Gasteiger partial charge in [0, 0.05) is 41.8 Å². The maximum atomic E-state index is 13.9. The van der Waals surface area contributed by atoms with Gasteiger partial charge >= 0.3 is 6.18 Å². The van der Waals surface area contributed by atoms with Gasteiger partial charge in [-0.3, -0.25) is 14.5 Å². The van der Waals surface area contributed by atoms with E-state index < -0.39 is 23.7 Å². The molecule has 47 heavy (non-hydrogen) atoms. The third-order valence-electron chi connectivity index (χ3n) is 9.05. The van der Waals surface area contributed by atoms with Crippen LogP contribution < -0.4 is 16.0 Å². The number of carbonyl (C=O) groups excluding carboxylic acids is 2. The second-order valence-electron chi connectivity index (χ2n) is 12.3. The van der Waals surface area contributed by atoms with Gasteiger partial charge in [0.05, 0.1) is 16.8 Å². The van der Waals surface area contributed by atoms with E-state index >= 15 is 0 Å². The van der Waals surface area contributed by atoms with Gasteiger partial charge in [-0.05, 0) is 79.3 Å². The maximum absolute atomic E-state index is 13.9. The summed E-state index contributed by atoms with van der Waals surface area (Å²) in [6, 6.07) is 28.6. The van der Waals surface area contributed by atoms with Gasteiger partial charge in [-0.15, -0.1) is 0 Å². The van der Waals surface area contributed by atoms with Crippen LogP contribution in [-0.4, -0.2) is 40.9 Å². The van der Waals surface area contributed by atoms with Crippen molar-refractivity contribution in [2.24, 2.45) is 0 Å². The minimum atomic E-state index is -4.50. The normalized spacial score (nSPS) is 20.0. The van der Waals surface area contributed by atoms with Crippen LogP contribution in [0.15, 0.2) is 103 Å². The first-order chi connectivity index (χ1) is 22.6. The average Bonchev–Trinajstić information content (AvgIpc) is 3.28. The van der Waals surface area contributed by atoms with Gasteiger partial charge in [0.1, 0.15) is 6.04 Å². The number of rotatable bonds is 10. The Morgan fingerprint density at radius 2 is 1.51 bits per heavy atom. The van der Waals surface area contributed by atoms with Crippen LogP contribution in [0.2, 0.25) is 5.02 Å². The minimum absolute atomic E-state index is 0.0218. The van der Waals surface area contributed by atoms with E-state index in [1.165, 1.54) is 17.7 Å². The first-order valence-electron chi connectivity index (χ1n) is 15.8. The molecule has 0 saturated carbocycles. The highest BCUT2D eigenvalue weighted by Gasteiger charge is 2.41.